The van der Waals surface area contributed by atoms with Gasteiger partial charge < -0.3 is 5.32 Å². The second-order valence-corrected chi connectivity index (χ2v) is 3.87. The number of rotatable bonds is 5. The smallest absolute Gasteiger partial charge is 0.283 e. The van der Waals surface area contributed by atoms with Crippen molar-refractivity contribution >= 4 is 23.2 Å². The normalized spacial score (nSPS) is 9.56. The number of nitrogens with zero attached hydrogens (tertiary/aromatic N) is 2. The van der Waals surface area contributed by atoms with E-state index in [4.69, 9.17) is 16.9 Å². The zero-order valence-corrected chi connectivity index (χ0v) is 10.1. The van der Waals surface area contributed by atoms with Gasteiger partial charge in [0.15, 0.2) is 0 Å². The summed E-state index contributed by atoms with van der Waals surface area (Å²) in [6, 6.07) is 5.79. The third kappa shape index (κ3) is 3.71. The van der Waals surface area contributed by atoms with Crippen LogP contribution in [0.2, 0.25) is 5.02 Å². The molecule has 0 fully saturated rings. The van der Waals surface area contributed by atoms with Crippen LogP contribution in [0.15, 0.2) is 18.2 Å². The lowest BCUT2D eigenvalue weighted by molar-refractivity contribution is -0.385. The Labute approximate surface area is 108 Å². The number of nitro benzene ring substituents is 1. The second-order valence-electron chi connectivity index (χ2n) is 3.44. The topological polar surface area (TPSA) is 96.0 Å². The van der Waals surface area contributed by atoms with Crippen LogP contribution in [0.25, 0.3) is 0 Å². The first kappa shape index (κ1) is 13.9. The fraction of sp³-hybridized carbons (Fsp3) is 0.273. The molecule has 0 radical (unpaired) electrons. The molecule has 7 heteroatoms. The van der Waals surface area contributed by atoms with Crippen LogP contribution >= 0.6 is 11.6 Å². The highest BCUT2D eigenvalue weighted by Crippen LogP contribution is 2.22. The van der Waals surface area contributed by atoms with Crippen LogP contribution < -0.4 is 5.32 Å². The lowest BCUT2D eigenvalue weighted by atomic mass is 10.1. The van der Waals surface area contributed by atoms with E-state index in [1.54, 1.807) is 0 Å². The van der Waals surface area contributed by atoms with Crippen molar-refractivity contribution in [3.8, 4) is 6.07 Å². The average Bonchev–Trinajstić information content (AvgIpc) is 2.34. The quantitative estimate of drug-likeness (QED) is 0.503. The number of nitriles is 1. The molecule has 0 saturated carbocycles. The fourth-order valence-corrected chi connectivity index (χ4v) is 1.48. The van der Waals surface area contributed by atoms with Crippen molar-refractivity contribution in [2.45, 2.75) is 12.8 Å². The van der Waals surface area contributed by atoms with Gasteiger partial charge in [0.25, 0.3) is 11.6 Å². The van der Waals surface area contributed by atoms with E-state index in [0.717, 1.165) is 6.07 Å². The molecule has 1 aromatic rings. The highest BCUT2D eigenvalue weighted by atomic mass is 35.5. The van der Waals surface area contributed by atoms with E-state index in [-0.39, 0.29) is 16.3 Å². The van der Waals surface area contributed by atoms with E-state index in [0.29, 0.717) is 19.4 Å². The Bertz CT molecular complexity index is 511. The minimum absolute atomic E-state index is 0.0404. The predicted molar refractivity (Wildman–Crippen MR) is 65.3 cm³/mol. The number of nitro groups is 1. The first-order valence-electron chi connectivity index (χ1n) is 5.15. The summed E-state index contributed by atoms with van der Waals surface area (Å²) in [7, 11) is 0. The van der Waals surface area contributed by atoms with Crippen molar-refractivity contribution < 1.29 is 9.72 Å². The van der Waals surface area contributed by atoms with E-state index in [1.165, 1.54) is 12.1 Å². The maximum atomic E-state index is 11.7. The number of hydrogen-bond donors (Lipinski definition) is 1. The number of halogens is 1. The summed E-state index contributed by atoms with van der Waals surface area (Å²) in [6.07, 6.45) is 0.826. The largest absolute Gasteiger partial charge is 0.352 e. The summed E-state index contributed by atoms with van der Waals surface area (Å²) in [6.45, 7) is 0.298. The first-order valence-corrected chi connectivity index (χ1v) is 5.53. The molecule has 0 atom stereocenters. The van der Waals surface area contributed by atoms with Crippen LogP contribution in [-0.2, 0) is 0 Å². The van der Waals surface area contributed by atoms with Gasteiger partial charge in [0.2, 0.25) is 0 Å². The minimum atomic E-state index is -0.657. The summed E-state index contributed by atoms with van der Waals surface area (Å²) >= 11 is 5.64. The van der Waals surface area contributed by atoms with Gasteiger partial charge in [-0.15, -0.1) is 0 Å². The summed E-state index contributed by atoms with van der Waals surface area (Å²) in [4.78, 5) is 21.8. The van der Waals surface area contributed by atoms with E-state index >= 15 is 0 Å². The minimum Gasteiger partial charge on any atom is -0.352 e. The molecule has 0 saturated heterocycles. The third-order valence-electron chi connectivity index (χ3n) is 2.15. The zero-order chi connectivity index (χ0) is 13.5. The predicted octanol–water partition coefficient (Wildman–Crippen LogP) is 2.28. The first-order chi connectivity index (χ1) is 8.56. The Morgan fingerprint density at radius 1 is 1.56 bits per heavy atom. The van der Waals surface area contributed by atoms with Crippen molar-refractivity contribution in [2.75, 3.05) is 6.54 Å². The summed E-state index contributed by atoms with van der Waals surface area (Å²) in [5, 5.41) is 21.8. The van der Waals surface area contributed by atoms with Crippen LogP contribution in [0, 0.1) is 21.4 Å². The number of nitrogens with one attached hydrogen (secondary N) is 1. The highest BCUT2D eigenvalue weighted by Gasteiger charge is 2.19. The Morgan fingerprint density at radius 3 is 2.89 bits per heavy atom. The van der Waals surface area contributed by atoms with Gasteiger partial charge in [0, 0.05) is 24.1 Å². The van der Waals surface area contributed by atoms with Gasteiger partial charge in [-0.25, -0.2) is 0 Å². The van der Waals surface area contributed by atoms with Gasteiger partial charge in [0.1, 0.15) is 5.56 Å². The number of benzene rings is 1. The molecule has 0 aliphatic rings. The van der Waals surface area contributed by atoms with Crippen molar-refractivity contribution in [2.24, 2.45) is 0 Å². The Morgan fingerprint density at radius 2 is 2.28 bits per heavy atom. The van der Waals surface area contributed by atoms with Crippen LogP contribution in [-0.4, -0.2) is 17.4 Å². The molecule has 0 unspecified atom stereocenters. The monoisotopic (exact) mass is 267 g/mol. The molecule has 6 nitrogen and oxygen atoms in total. The van der Waals surface area contributed by atoms with Crippen LogP contribution in [0.4, 0.5) is 5.69 Å². The molecule has 0 aliphatic heterocycles. The van der Waals surface area contributed by atoms with Crippen LogP contribution in [0.1, 0.15) is 23.2 Å². The molecular formula is C11H10ClN3O3. The fourth-order valence-electron chi connectivity index (χ4n) is 1.31. The van der Waals surface area contributed by atoms with Gasteiger partial charge in [0.05, 0.1) is 11.0 Å². The molecular weight excluding hydrogens is 258 g/mol. The lowest BCUT2D eigenvalue weighted by Gasteiger charge is -2.04. The van der Waals surface area contributed by atoms with E-state index in [9.17, 15) is 14.9 Å². The molecule has 1 rings (SSSR count). The third-order valence-corrected chi connectivity index (χ3v) is 2.39. The van der Waals surface area contributed by atoms with Crippen molar-refractivity contribution in [3.63, 3.8) is 0 Å². The van der Waals surface area contributed by atoms with Gasteiger partial charge in [-0.05, 0) is 18.6 Å². The molecule has 1 amide bonds. The number of unbranched alkanes of at least 4 members (excludes halogenated alkanes) is 1. The highest BCUT2D eigenvalue weighted by molar-refractivity contribution is 6.31. The van der Waals surface area contributed by atoms with E-state index in [1.807, 2.05) is 6.07 Å². The Kier molecular flexibility index (Phi) is 5.08. The Hall–Kier alpha value is -2.13. The average molecular weight is 268 g/mol. The zero-order valence-electron chi connectivity index (χ0n) is 9.35. The van der Waals surface area contributed by atoms with E-state index < -0.39 is 10.8 Å². The van der Waals surface area contributed by atoms with Crippen LogP contribution in [0.5, 0.6) is 0 Å². The Balaban J connectivity index is 2.79. The van der Waals surface area contributed by atoms with Gasteiger partial charge in [-0.3, -0.25) is 14.9 Å². The molecule has 0 aromatic heterocycles. The van der Waals surface area contributed by atoms with Crippen molar-refractivity contribution in [1.82, 2.24) is 5.32 Å². The summed E-state index contributed by atoms with van der Waals surface area (Å²) in [5.74, 6) is -0.545. The molecule has 0 bridgehead atoms. The standard InChI is InChI=1S/C11H10ClN3O3/c12-8-3-4-9(10(7-8)15(17)18)11(16)14-6-2-1-5-13/h3-4,7H,1-2,6H2,(H,14,16). The van der Waals surface area contributed by atoms with E-state index in [2.05, 4.69) is 5.32 Å². The number of hydrogen-bond acceptors (Lipinski definition) is 4. The van der Waals surface area contributed by atoms with Gasteiger partial charge in [-0.1, -0.05) is 11.6 Å². The van der Waals surface area contributed by atoms with Gasteiger partial charge in [-0.2, -0.15) is 5.26 Å². The molecule has 1 N–H and O–H groups in total. The van der Waals surface area contributed by atoms with Crippen LogP contribution in [0.3, 0.4) is 0 Å². The molecule has 0 spiro atoms. The number of carbonyl (C=O) groups is 1. The molecule has 0 aliphatic carbocycles. The molecule has 18 heavy (non-hydrogen) atoms. The molecule has 1 aromatic carbocycles. The number of amides is 1. The molecule has 0 heterocycles. The summed E-state index contributed by atoms with van der Waals surface area (Å²) < 4.78 is 0. The van der Waals surface area contributed by atoms with Gasteiger partial charge >= 0.3 is 0 Å². The molecule has 94 valence electrons. The summed E-state index contributed by atoms with van der Waals surface area (Å²) in [5.41, 5.74) is -0.373. The maximum Gasteiger partial charge on any atom is 0.283 e. The van der Waals surface area contributed by atoms with Crippen molar-refractivity contribution in [3.05, 3.63) is 38.9 Å². The van der Waals surface area contributed by atoms with Crippen molar-refractivity contribution in [1.29, 1.82) is 5.26 Å². The SMILES string of the molecule is N#CCCCNC(=O)c1ccc(Cl)cc1[N+](=O)[O-]. The second kappa shape index (κ2) is 6.57. The lowest BCUT2D eigenvalue weighted by Crippen LogP contribution is -2.25. The maximum absolute atomic E-state index is 11.7. The number of carbonyl (C=O) groups excluding carboxylic acids is 1.